The molecule has 0 saturated heterocycles. The molecule has 25 heavy (non-hydrogen) atoms. The van der Waals surface area contributed by atoms with E-state index in [0.717, 1.165) is 21.9 Å². The Bertz CT molecular complexity index is 762. The van der Waals surface area contributed by atoms with Gasteiger partial charge in [-0.3, -0.25) is 0 Å². The maximum absolute atomic E-state index is 14.3. The highest BCUT2D eigenvalue weighted by Gasteiger charge is 2.09. The van der Waals surface area contributed by atoms with E-state index >= 15 is 0 Å². The number of thiazole rings is 1. The zero-order valence-electron chi connectivity index (χ0n) is 14.5. The molecule has 0 spiro atoms. The first-order valence-electron chi connectivity index (χ1n) is 8.12. The third-order valence-corrected chi connectivity index (χ3v) is 4.93. The summed E-state index contributed by atoms with van der Waals surface area (Å²) in [5.74, 6) is -0.250. The first-order chi connectivity index (χ1) is 12.2. The topological polar surface area (TPSA) is 37.0 Å². The summed E-state index contributed by atoms with van der Waals surface area (Å²) in [6.45, 7) is 6.64. The van der Waals surface area contributed by atoms with Crippen molar-refractivity contribution in [1.29, 1.82) is 0 Å². The number of rotatable bonds is 6. The molecule has 0 aliphatic carbocycles. The van der Waals surface area contributed by atoms with Crippen LogP contribution in [0.1, 0.15) is 25.0 Å². The Hall–Kier alpha value is -2.05. The molecular weight excluding hydrogens is 353 g/mol. The van der Waals surface area contributed by atoms with E-state index in [0.29, 0.717) is 11.4 Å². The number of halogens is 1. The molecule has 6 heteroatoms. The summed E-state index contributed by atoms with van der Waals surface area (Å²) < 4.78 is 17.3. The van der Waals surface area contributed by atoms with Gasteiger partial charge < -0.3 is 10.0 Å². The van der Waals surface area contributed by atoms with Gasteiger partial charge in [0.25, 0.3) is 0 Å². The zero-order valence-corrected chi connectivity index (χ0v) is 16.2. The lowest BCUT2D eigenvalue weighted by molar-refractivity contribution is 0.602. The summed E-state index contributed by atoms with van der Waals surface area (Å²) in [4.78, 5) is 4.67. The first-order valence-corrected chi connectivity index (χ1v) is 9.82. The minimum absolute atomic E-state index is 0.250. The average Bonchev–Trinajstić information content (AvgIpc) is 3.17. The van der Waals surface area contributed by atoms with Gasteiger partial charge in [0.05, 0.1) is 4.90 Å². The van der Waals surface area contributed by atoms with E-state index in [1.54, 1.807) is 12.3 Å². The minimum Gasteiger partial charge on any atom is -0.381 e. The number of anilines is 2. The Morgan fingerprint density at radius 2 is 1.92 bits per heavy atom. The van der Waals surface area contributed by atoms with E-state index < -0.39 is 0 Å². The number of aromatic nitrogens is 1. The highest BCUT2D eigenvalue weighted by molar-refractivity contribution is 8.00. The van der Waals surface area contributed by atoms with E-state index in [4.69, 9.17) is 0 Å². The van der Waals surface area contributed by atoms with Crippen molar-refractivity contribution in [3.05, 3.63) is 71.0 Å². The van der Waals surface area contributed by atoms with E-state index in [1.165, 1.54) is 23.3 Å². The molecule has 0 atom stereocenters. The van der Waals surface area contributed by atoms with Crippen LogP contribution in [0.5, 0.6) is 0 Å². The lowest BCUT2D eigenvalue weighted by Gasteiger charge is -2.12. The quantitative estimate of drug-likeness (QED) is 0.492. The van der Waals surface area contributed by atoms with Crippen LogP contribution in [0.15, 0.2) is 58.9 Å². The number of aryl methyl sites for hydroxylation is 1. The molecule has 0 amide bonds. The Balaban J connectivity index is 0.00000109. The van der Waals surface area contributed by atoms with Gasteiger partial charge in [0.15, 0.2) is 5.13 Å². The van der Waals surface area contributed by atoms with Gasteiger partial charge in [0, 0.05) is 23.8 Å². The van der Waals surface area contributed by atoms with Crippen LogP contribution in [-0.4, -0.2) is 4.98 Å². The highest BCUT2D eigenvalue weighted by atomic mass is 32.2. The molecule has 132 valence electrons. The Labute approximate surface area is 156 Å². The molecule has 0 saturated carbocycles. The normalized spacial score (nSPS) is 9.92. The molecule has 0 fully saturated rings. The third-order valence-electron chi connectivity index (χ3n) is 3.29. The van der Waals surface area contributed by atoms with Crippen molar-refractivity contribution in [2.75, 3.05) is 10.0 Å². The van der Waals surface area contributed by atoms with Crippen molar-refractivity contribution in [1.82, 2.24) is 4.98 Å². The van der Waals surface area contributed by atoms with Crippen LogP contribution in [-0.2, 0) is 6.54 Å². The van der Waals surface area contributed by atoms with Crippen LogP contribution in [0.4, 0.5) is 15.2 Å². The van der Waals surface area contributed by atoms with Crippen LogP contribution < -0.4 is 10.0 Å². The lowest BCUT2D eigenvalue weighted by atomic mass is 10.1. The van der Waals surface area contributed by atoms with Crippen LogP contribution in [0, 0.1) is 12.7 Å². The SMILES string of the molecule is CC.Cc1cc(SNc2nccs2)c(F)cc1NCc1ccccc1. The number of nitrogens with zero attached hydrogens (tertiary/aromatic N) is 1. The Kier molecular flexibility index (Phi) is 7.76. The van der Waals surface area contributed by atoms with Gasteiger partial charge in [-0.1, -0.05) is 44.2 Å². The third kappa shape index (κ3) is 5.76. The lowest BCUT2D eigenvalue weighted by Crippen LogP contribution is -2.02. The monoisotopic (exact) mass is 375 g/mol. The predicted octanol–water partition coefficient (Wildman–Crippen LogP) is 6.35. The molecule has 2 aromatic carbocycles. The largest absolute Gasteiger partial charge is 0.381 e. The van der Waals surface area contributed by atoms with Crippen molar-refractivity contribution in [2.45, 2.75) is 32.2 Å². The van der Waals surface area contributed by atoms with Gasteiger partial charge in [-0.25, -0.2) is 9.37 Å². The summed E-state index contributed by atoms with van der Waals surface area (Å²) in [5.41, 5.74) is 2.98. The summed E-state index contributed by atoms with van der Waals surface area (Å²) in [6.07, 6.45) is 1.71. The van der Waals surface area contributed by atoms with E-state index in [2.05, 4.69) is 15.0 Å². The fourth-order valence-electron chi connectivity index (χ4n) is 2.09. The van der Waals surface area contributed by atoms with Gasteiger partial charge >= 0.3 is 0 Å². The number of nitrogens with one attached hydrogen (secondary N) is 2. The molecule has 1 aromatic heterocycles. The molecule has 3 rings (SSSR count). The molecule has 3 nitrogen and oxygen atoms in total. The van der Waals surface area contributed by atoms with Gasteiger partial charge in [-0.05, 0) is 42.1 Å². The van der Waals surface area contributed by atoms with E-state index in [-0.39, 0.29) is 5.82 Å². The van der Waals surface area contributed by atoms with Gasteiger partial charge in [-0.2, -0.15) is 0 Å². The Morgan fingerprint density at radius 3 is 2.60 bits per heavy atom. The molecule has 1 heterocycles. The predicted molar refractivity (Wildman–Crippen MR) is 108 cm³/mol. The summed E-state index contributed by atoms with van der Waals surface area (Å²) >= 11 is 2.72. The number of hydrogen-bond donors (Lipinski definition) is 2. The highest BCUT2D eigenvalue weighted by Crippen LogP contribution is 2.29. The van der Waals surface area contributed by atoms with Crippen LogP contribution in [0.3, 0.4) is 0 Å². The molecular formula is C19H22FN3S2. The molecule has 0 radical (unpaired) electrons. The van der Waals surface area contributed by atoms with Crippen molar-refractivity contribution in [3.8, 4) is 0 Å². The second kappa shape index (κ2) is 10.1. The van der Waals surface area contributed by atoms with Crippen molar-refractivity contribution >= 4 is 34.1 Å². The minimum atomic E-state index is -0.250. The van der Waals surface area contributed by atoms with Crippen molar-refractivity contribution in [2.24, 2.45) is 0 Å². The fraction of sp³-hybridized carbons (Fsp3) is 0.211. The zero-order chi connectivity index (χ0) is 18.1. The number of hydrogen-bond acceptors (Lipinski definition) is 5. The summed E-state index contributed by atoms with van der Waals surface area (Å²) in [6, 6.07) is 13.4. The average molecular weight is 376 g/mol. The molecule has 0 aliphatic rings. The molecule has 3 aromatic rings. The van der Waals surface area contributed by atoms with Gasteiger partial charge in [0.2, 0.25) is 0 Å². The summed E-state index contributed by atoms with van der Waals surface area (Å²) in [5, 5.41) is 5.93. The first kappa shape index (κ1) is 19.3. The van der Waals surface area contributed by atoms with Crippen molar-refractivity contribution < 1.29 is 4.39 Å². The number of benzene rings is 2. The van der Waals surface area contributed by atoms with Crippen molar-refractivity contribution in [3.63, 3.8) is 0 Å². The second-order valence-corrected chi connectivity index (χ2v) is 6.72. The molecule has 0 unspecified atom stereocenters. The van der Waals surface area contributed by atoms with Gasteiger partial charge in [0.1, 0.15) is 5.82 Å². The standard InChI is InChI=1S/C17H16FN3S2.C2H6/c1-12-9-16(23-21-17-19-7-8-22-17)14(18)10-15(12)20-11-13-5-3-2-4-6-13;1-2/h2-10,20H,11H2,1H3,(H,19,21);1-2H3. The Morgan fingerprint density at radius 1 is 1.16 bits per heavy atom. The van der Waals surface area contributed by atoms with Crippen LogP contribution >= 0.6 is 23.3 Å². The van der Waals surface area contributed by atoms with E-state index in [1.807, 2.05) is 62.5 Å². The van der Waals surface area contributed by atoms with Crippen LogP contribution in [0.2, 0.25) is 0 Å². The summed E-state index contributed by atoms with van der Waals surface area (Å²) in [7, 11) is 0. The van der Waals surface area contributed by atoms with Crippen LogP contribution in [0.25, 0.3) is 0 Å². The maximum atomic E-state index is 14.3. The smallest absolute Gasteiger partial charge is 0.192 e. The maximum Gasteiger partial charge on any atom is 0.192 e. The molecule has 0 aliphatic heterocycles. The van der Waals surface area contributed by atoms with E-state index in [9.17, 15) is 4.39 Å². The molecule has 2 N–H and O–H groups in total. The van der Waals surface area contributed by atoms with Gasteiger partial charge in [-0.15, -0.1) is 11.3 Å². The molecule has 0 bridgehead atoms. The second-order valence-electron chi connectivity index (χ2n) is 4.98. The fourth-order valence-corrected chi connectivity index (χ4v) is 3.42.